The van der Waals surface area contributed by atoms with Gasteiger partial charge in [0.05, 0.1) is 19.3 Å². The molecule has 3 N–H and O–H groups in total. The monoisotopic (exact) mass is 300 g/mol. The van der Waals surface area contributed by atoms with Crippen LogP contribution in [0.2, 0.25) is 0 Å². The van der Waals surface area contributed by atoms with Gasteiger partial charge in [0.2, 0.25) is 0 Å². The van der Waals surface area contributed by atoms with Gasteiger partial charge in [-0.1, -0.05) is 42.5 Å². The summed E-state index contributed by atoms with van der Waals surface area (Å²) in [6.45, 7) is 4.38. The Bertz CT molecular complexity index is 523. The normalized spacial score (nSPS) is 12.1. The molecule has 2 aromatic carbocycles. The Morgan fingerprint density at radius 2 is 1.64 bits per heavy atom. The van der Waals surface area contributed by atoms with Gasteiger partial charge in [0.1, 0.15) is 12.3 Å². The molecule has 118 valence electrons. The van der Waals surface area contributed by atoms with Crippen molar-refractivity contribution in [2.75, 3.05) is 19.7 Å². The van der Waals surface area contributed by atoms with Crippen molar-refractivity contribution in [3.05, 3.63) is 54.6 Å². The lowest BCUT2D eigenvalue weighted by Crippen LogP contribution is -2.86. The van der Waals surface area contributed by atoms with E-state index in [1.54, 1.807) is 0 Å². The van der Waals surface area contributed by atoms with Crippen LogP contribution in [0.4, 0.5) is 0 Å². The summed E-state index contributed by atoms with van der Waals surface area (Å²) < 4.78 is 5.76. The van der Waals surface area contributed by atoms with Crippen molar-refractivity contribution < 1.29 is 15.2 Å². The van der Waals surface area contributed by atoms with Crippen LogP contribution in [0.1, 0.15) is 19.8 Å². The predicted octanol–water partition coefficient (Wildman–Crippen LogP) is 2.46. The summed E-state index contributed by atoms with van der Waals surface area (Å²) in [5.41, 5.74) is 2.43. The van der Waals surface area contributed by atoms with Crippen LogP contribution in [0.3, 0.4) is 0 Å². The fraction of sp³-hybridized carbons (Fsp3) is 0.368. The summed E-state index contributed by atoms with van der Waals surface area (Å²) in [5, 5.41) is 11.3. The quantitative estimate of drug-likeness (QED) is 0.699. The number of aliphatic hydroxyl groups is 1. The van der Waals surface area contributed by atoms with Gasteiger partial charge in [-0.15, -0.1) is 0 Å². The molecule has 3 nitrogen and oxygen atoms in total. The molecule has 0 spiro atoms. The molecule has 22 heavy (non-hydrogen) atoms. The number of hydrogen-bond acceptors (Lipinski definition) is 2. The van der Waals surface area contributed by atoms with E-state index in [9.17, 15) is 0 Å². The Labute approximate surface area is 133 Å². The van der Waals surface area contributed by atoms with E-state index < -0.39 is 0 Å². The summed E-state index contributed by atoms with van der Waals surface area (Å²) >= 11 is 0. The van der Waals surface area contributed by atoms with Crippen LogP contribution in [0.25, 0.3) is 11.1 Å². The van der Waals surface area contributed by atoms with Crippen molar-refractivity contribution in [2.45, 2.75) is 25.9 Å². The Balaban J connectivity index is 1.67. The number of benzene rings is 2. The fourth-order valence-electron chi connectivity index (χ4n) is 2.31. The van der Waals surface area contributed by atoms with Crippen LogP contribution in [0.15, 0.2) is 54.6 Å². The molecule has 0 aliphatic rings. The molecule has 0 aliphatic carbocycles. The average molecular weight is 300 g/mol. The molecular formula is C19H26NO2+. The molecule has 0 fully saturated rings. The number of rotatable bonds is 9. The maximum Gasteiger partial charge on any atom is 0.119 e. The molecule has 0 heterocycles. The second-order valence-corrected chi connectivity index (χ2v) is 5.61. The van der Waals surface area contributed by atoms with E-state index >= 15 is 0 Å². The summed E-state index contributed by atoms with van der Waals surface area (Å²) in [6, 6.07) is 18.6. The molecule has 2 aromatic rings. The van der Waals surface area contributed by atoms with Crippen molar-refractivity contribution in [3.63, 3.8) is 0 Å². The molecule has 0 amide bonds. The zero-order valence-corrected chi connectivity index (χ0v) is 13.2. The van der Waals surface area contributed by atoms with Crippen molar-refractivity contribution in [3.8, 4) is 16.9 Å². The number of quaternary nitrogens is 1. The average Bonchev–Trinajstić information content (AvgIpc) is 2.55. The Hall–Kier alpha value is -1.84. The number of ether oxygens (including phenoxy) is 1. The molecule has 0 saturated carbocycles. The van der Waals surface area contributed by atoms with Gasteiger partial charge in [0, 0.05) is 0 Å². The van der Waals surface area contributed by atoms with Crippen molar-refractivity contribution in [1.29, 1.82) is 0 Å². The summed E-state index contributed by atoms with van der Waals surface area (Å²) in [7, 11) is 0. The predicted molar refractivity (Wildman–Crippen MR) is 89.9 cm³/mol. The zero-order chi connectivity index (χ0) is 15.6. The minimum absolute atomic E-state index is 0.223. The molecule has 0 bridgehead atoms. The smallest absolute Gasteiger partial charge is 0.119 e. The lowest BCUT2D eigenvalue weighted by Gasteiger charge is -2.08. The van der Waals surface area contributed by atoms with E-state index in [4.69, 9.17) is 9.84 Å². The summed E-state index contributed by atoms with van der Waals surface area (Å²) in [6.07, 6.45) is 1.92. The zero-order valence-electron chi connectivity index (χ0n) is 13.2. The molecule has 0 aromatic heterocycles. The molecule has 1 atom stereocenters. The van der Waals surface area contributed by atoms with E-state index in [1.165, 1.54) is 11.1 Å². The second-order valence-electron chi connectivity index (χ2n) is 5.61. The minimum Gasteiger partial charge on any atom is -0.494 e. The highest BCUT2D eigenvalue weighted by Crippen LogP contribution is 2.22. The summed E-state index contributed by atoms with van der Waals surface area (Å²) in [5.74, 6) is 0.924. The van der Waals surface area contributed by atoms with Gasteiger partial charge in [-0.05, 0) is 43.0 Å². The van der Waals surface area contributed by atoms with Crippen LogP contribution >= 0.6 is 0 Å². The third-order valence-corrected chi connectivity index (χ3v) is 3.54. The third kappa shape index (κ3) is 5.88. The van der Waals surface area contributed by atoms with Crippen LogP contribution in [0.5, 0.6) is 5.75 Å². The van der Waals surface area contributed by atoms with E-state index in [1.807, 2.05) is 37.3 Å². The number of hydrogen-bond donors (Lipinski definition) is 2. The molecule has 0 radical (unpaired) electrons. The van der Waals surface area contributed by atoms with Crippen LogP contribution in [-0.4, -0.2) is 30.9 Å². The van der Waals surface area contributed by atoms with E-state index in [0.29, 0.717) is 0 Å². The van der Waals surface area contributed by atoms with Crippen LogP contribution in [-0.2, 0) is 0 Å². The first-order valence-corrected chi connectivity index (χ1v) is 8.04. The Morgan fingerprint density at radius 3 is 2.32 bits per heavy atom. The number of aliphatic hydroxyl groups excluding tert-OH is 1. The molecular weight excluding hydrogens is 274 g/mol. The van der Waals surface area contributed by atoms with Crippen molar-refractivity contribution >= 4 is 0 Å². The maximum atomic E-state index is 9.15. The Morgan fingerprint density at radius 1 is 0.955 bits per heavy atom. The van der Waals surface area contributed by atoms with Gasteiger partial charge >= 0.3 is 0 Å². The van der Waals surface area contributed by atoms with E-state index in [2.05, 4.69) is 29.6 Å². The van der Waals surface area contributed by atoms with Crippen LogP contribution in [0, 0.1) is 0 Å². The third-order valence-electron chi connectivity index (χ3n) is 3.54. The summed E-state index contributed by atoms with van der Waals surface area (Å²) in [4.78, 5) is 0. The Kier molecular flexibility index (Phi) is 6.94. The van der Waals surface area contributed by atoms with Gasteiger partial charge in [0.25, 0.3) is 0 Å². The van der Waals surface area contributed by atoms with Crippen molar-refractivity contribution in [1.82, 2.24) is 0 Å². The molecule has 0 saturated heterocycles. The first-order chi connectivity index (χ1) is 10.8. The largest absolute Gasteiger partial charge is 0.494 e. The van der Waals surface area contributed by atoms with Crippen molar-refractivity contribution in [2.24, 2.45) is 0 Å². The van der Waals surface area contributed by atoms with Gasteiger partial charge in [0.15, 0.2) is 0 Å². The highest BCUT2D eigenvalue weighted by atomic mass is 16.5. The number of unbranched alkanes of at least 4 members (excludes halogenated alkanes) is 1. The first-order valence-electron chi connectivity index (χ1n) is 8.04. The standard InChI is InChI=1S/C19H25NO2/c1-16(21)15-20-13-5-6-14-22-19-11-9-18(10-12-19)17-7-3-2-4-8-17/h2-4,7-12,16,20-21H,5-6,13-15H2,1H3/p+1/t16-/m1/s1. The highest BCUT2D eigenvalue weighted by Gasteiger charge is 2.00. The second kappa shape index (κ2) is 9.23. The maximum absolute atomic E-state index is 9.15. The number of nitrogens with two attached hydrogens (primary N) is 1. The lowest BCUT2D eigenvalue weighted by atomic mass is 10.1. The molecule has 3 heteroatoms. The minimum atomic E-state index is -0.223. The lowest BCUT2D eigenvalue weighted by molar-refractivity contribution is -0.660. The van der Waals surface area contributed by atoms with E-state index in [-0.39, 0.29) is 6.10 Å². The first kappa shape index (κ1) is 16.5. The van der Waals surface area contributed by atoms with Crippen LogP contribution < -0.4 is 10.1 Å². The topological polar surface area (TPSA) is 46.1 Å². The highest BCUT2D eigenvalue weighted by molar-refractivity contribution is 5.63. The van der Waals surface area contributed by atoms with E-state index in [0.717, 1.165) is 38.3 Å². The van der Waals surface area contributed by atoms with Gasteiger partial charge in [-0.2, -0.15) is 0 Å². The molecule has 2 rings (SSSR count). The molecule has 0 unspecified atom stereocenters. The fourth-order valence-corrected chi connectivity index (χ4v) is 2.31. The molecule has 0 aliphatic heterocycles. The van der Waals surface area contributed by atoms with Gasteiger partial charge < -0.3 is 15.2 Å². The van der Waals surface area contributed by atoms with Gasteiger partial charge in [-0.25, -0.2) is 0 Å². The van der Waals surface area contributed by atoms with Gasteiger partial charge in [-0.3, -0.25) is 0 Å². The SMILES string of the molecule is C[C@@H](O)C[NH2+]CCCCOc1ccc(-c2ccccc2)cc1.